The average Bonchev–Trinajstić information content (AvgIpc) is 2.64. The molecule has 80 valence electrons. The van der Waals surface area contributed by atoms with E-state index in [1.165, 1.54) is 18.4 Å². The van der Waals surface area contributed by atoms with E-state index in [1.54, 1.807) is 0 Å². The van der Waals surface area contributed by atoms with E-state index >= 15 is 0 Å². The number of ether oxygens (including phenoxy) is 1. The largest absolute Gasteiger partial charge is 0.382 e. The lowest BCUT2D eigenvalue weighted by Gasteiger charge is -2.19. The van der Waals surface area contributed by atoms with E-state index in [-0.39, 0.29) is 0 Å². The first kappa shape index (κ1) is 11.7. The molecule has 0 N–H and O–H groups in total. The van der Waals surface area contributed by atoms with E-state index in [0.717, 1.165) is 13.0 Å². The smallest absolute Gasteiger partial charge is 0.0656 e. The molecule has 0 spiro atoms. The zero-order valence-corrected chi connectivity index (χ0v) is 10.8. The van der Waals surface area contributed by atoms with Gasteiger partial charge in [-0.25, -0.2) is 0 Å². The van der Waals surface area contributed by atoms with Gasteiger partial charge < -0.3 is 4.74 Å². The maximum absolute atomic E-state index is 5.77. The van der Waals surface area contributed by atoms with Crippen LogP contribution in [0.2, 0.25) is 13.1 Å². The summed E-state index contributed by atoms with van der Waals surface area (Å²) in [6.07, 6.45) is 10.4. The van der Waals surface area contributed by atoms with Gasteiger partial charge in [0.2, 0.25) is 0 Å². The molecule has 0 saturated heterocycles. The molecule has 2 heteroatoms. The van der Waals surface area contributed by atoms with Crippen LogP contribution in [-0.4, -0.2) is 21.1 Å². The van der Waals surface area contributed by atoms with Crippen molar-refractivity contribution in [2.24, 2.45) is 0 Å². The Balaban J connectivity index is 2.28. The van der Waals surface area contributed by atoms with Crippen molar-refractivity contribution in [3.05, 3.63) is 23.8 Å². The quantitative estimate of drug-likeness (QED) is 0.612. The number of allylic oxidation sites excluding steroid dienone is 4. The van der Waals surface area contributed by atoms with Crippen LogP contribution in [0.5, 0.6) is 0 Å². The van der Waals surface area contributed by atoms with Gasteiger partial charge in [0.15, 0.2) is 0 Å². The minimum Gasteiger partial charge on any atom is -0.382 e. The summed E-state index contributed by atoms with van der Waals surface area (Å²) in [6.45, 7) is 7.71. The van der Waals surface area contributed by atoms with E-state index in [2.05, 4.69) is 38.2 Å². The van der Waals surface area contributed by atoms with Crippen LogP contribution in [0.1, 0.15) is 26.2 Å². The second kappa shape index (κ2) is 6.20. The lowest BCUT2D eigenvalue weighted by Crippen LogP contribution is -2.27. The molecule has 0 aromatic rings. The Kier molecular flexibility index (Phi) is 5.19. The van der Waals surface area contributed by atoms with Crippen molar-refractivity contribution in [3.63, 3.8) is 0 Å². The number of hydrogen-bond acceptors (Lipinski definition) is 1. The predicted molar refractivity (Wildman–Crippen MR) is 65.4 cm³/mol. The van der Waals surface area contributed by atoms with Crippen LogP contribution in [-0.2, 0) is 4.74 Å². The number of hydrogen-bond donors (Lipinski definition) is 0. The molecule has 1 unspecified atom stereocenters. The Morgan fingerprint density at radius 1 is 1.50 bits per heavy atom. The first-order chi connectivity index (χ1) is 6.74. The van der Waals surface area contributed by atoms with Crippen LogP contribution >= 0.6 is 0 Å². The Morgan fingerprint density at radius 2 is 2.29 bits per heavy atom. The van der Waals surface area contributed by atoms with Gasteiger partial charge in [0.05, 0.1) is 8.80 Å². The van der Waals surface area contributed by atoms with Crippen LogP contribution < -0.4 is 0 Å². The van der Waals surface area contributed by atoms with Crippen LogP contribution in [0.15, 0.2) is 23.8 Å². The Hall–Kier alpha value is -0.343. The SMILES string of the molecule is CCOC(CCC1=CCC=C1)[SiH](C)C. The maximum atomic E-state index is 5.77. The summed E-state index contributed by atoms with van der Waals surface area (Å²) < 4.78 is 5.77. The second-order valence-corrected chi connectivity index (χ2v) is 7.43. The molecule has 1 rings (SSSR count). The third-order valence-electron chi connectivity index (χ3n) is 2.69. The van der Waals surface area contributed by atoms with Crippen molar-refractivity contribution in [2.75, 3.05) is 6.61 Å². The summed E-state index contributed by atoms with van der Waals surface area (Å²) in [5.74, 6) is 0. The average molecular weight is 210 g/mol. The predicted octanol–water partition coefficient (Wildman–Crippen LogP) is 3.08. The molecule has 0 radical (unpaired) electrons. The fraction of sp³-hybridized carbons (Fsp3) is 0.667. The molecular formula is C12H22OSi. The fourth-order valence-electron chi connectivity index (χ4n) is 1.82. The normalized spacial score (nSPS) is 17.6. The van der Waals surface area contributed by atoms with E-state index < -0.39 is 8.80 Å². The third kappa shape index (κ3) is 3.80. The van der Waals surface area contributed by atoms with Crippen LogP contribution in [0.3, 0.4) is 0 Å². The Labute approximate surface area is 89.5 Å². The summed E-state index contributed by atoms with van der Waals surface area (Å²) in [5, 5.41) is 0. The van der Waals surface area contributed by atoms with Crippen molar-refractivity contribution in [2.45, 2.75) is 45.0 Å². The Bertz CT molecular complexity index is 218. The highest BCUT2D eigenvalue weighted by molar-refractivity contribution is 6.57. The van der Waals surface area contributed by atoms with Gasteiger partial charge in [-0.2, -0.15) is 0 Å². The van der Waals surface area contributed by atoms with Crippen LogP contribution in [0, 0.1) is 0 Å². The van der Waals surface area contributed by atoms with Gasteiger partial charge in [0.25, 0.3) is 0 Å². The summed E-state index contributed by atoms with van der Waals surface area (Å²) in [4.78, 5) is 0. The molecule has 1 atom stereocenters. The minimum atomic E-state index is -0.637. The zero-order chi connectivity index (χ0) is 10.4. The highest BCUT2D eigenvalue weighted by Gasteiger charge is 2.14. The van der Waals surface area contributed by atoms with E-state index in [1.807, 2.05) is 0 Å². The first-order valence-electron chi connectivity index (χ1n) is 5.71. The van der Waals surface area contributed by atoms with Crippen molar-refractivity contribution < 1.29 is 4.74 Å². The van der Waals surface area contributed by atoms with E-state index in [9.17, 15) is 0 Å². The monoisotopic (exact) mass is 210 g/mol. The second-order valence-electron chi connectivity index (χ2n) is 4.19. The zero-order valence-electron chi connectivity index (χ0n) is 9.62. The molecule has 0 fully saturated rings. The summed E-state index contributed by atoms with van der Waals surface area (Å²) in [7, 11) is -0.637. The highest BCUT2D eigenvalue weighted by atomic mass is 28.3. The van der Waals surface area contributed by atoms with Crippen molar-refractivity contribution in [3.8, 4) is 0 Å². The van der Waals surface area contributed by atoms with Gasteiger partial charge in [0, 0.05) is 12.3 Å². The summed E-state index contributed by atoms with van der Waals surface area (Å²) in [6, 6.07) is 0. The van der Waals surface area contributed by atoms with Gasteiger partial charge >= 0.3 is 0 Å². The minimum absolute atomic E-state index is 0.565. The van der Waals surface area contributed by atoms with Crippen molar-refractivity contribution in [1.82, 2.24) is 0 Å². The van der Waals surface area contributed by atoms with E-state index in [0.29, 0.717) is 5.73 Å². The van der Waals surface area contributed by atoms with Gasteiger partial charge in [-0.05, 0) is 26.2 Å². The fourth-order valence-corrected chi connectivity index (χ4v) is 3.24. The van der Waals surface area contributed by atoms with Gasteiger partial charge in [0.1, 0.15) is 0 Å². The van der Waals surface area contributed by atoms with Crippen molar-refractivity contribution >= 4 is 8.80 Å². The molecule has 1 aliphatic rings. The van der Waals surface area contributed by atoms with Crippen LogP contribution in [0.4, 0.5) is 0 Å². The lowest BCUT2D eigenvalue weighted by molar-refractivity contribution is 0.109. The molecule has 0 heterocycles. The topological polar surface area (TPSA) is 9.23 Å². The molecule has 0 aromatic heterocycles. The molecule has 0 aliphatic heterocycles. The Morgan fingerprint density at radius 3 is 2.79 bits per heavy atom. The van der Waals surface area contributed by atoms with E-state index in [4.69, 9.17) is 4.74 Å². The van der Waals surface area contributed by atoms with Gasteiger partial charge in [-0.1, -0.05) is 36.9 Å². The molecule has 0 amide bonds. The molecule has 1 aliphatic carbocycles. The molecular weight excluding hydrogens is 188 g/mol. The third-order valence-corrected chi connectivity index (χ3v) is 4.70. The highest BCUT2D eigenvalue weighted by Crippen LogP contribution is 2.17. The summed E-state index contributed by atoms with van der Waals surface area (Å²) >= 11 is 0. The lowest BCUT2D eigenvalue weighted by atomic mass is 10.1. The summed E-state index contributed by atoms with van der Waals surface area (Å²) in [5.41, 5.74) is 2.07. The first-order valence-corrected chi connectivity index (χ1v) is 8.68. The standard InChI is InChI=1S/C12H22OSi/c1-4-13-12(14(2)3)10-9-11-7-5-6-8-11/h5,7-8,12,14H,4,6,9-10H2,1-3H3. The molecule has 0 aromatic carbocycles. The van der Waals surface area contributed by atoms with Crippen molar-refractivity contribution in [1.29, 1.82) is 0 Å². The molecule has 14 heavy (non-hydrogen) atoms. The van der Waals surface area contributed by atoms with Gasteiger partial charge in [-0.15, -0.1) is 0 Å². The van der Waals surface area contributed by atoms with Gasteiger partial charge in [-0.3, -0.25) is 0 Å². The molecule has 0 saturated carbocycles. The number of rotatable bonds is 6. The molecule has 1 nitrogen and oxygen atoms in total. The van der Waals surface area contributed by atoms with Crippen LogP contribution in [0.25, 0.3) is 0 Å². The molecule has 0 bridgehead atoms. The maximum Gasteiger partial charge on any atom is 0.0656 e.